The van der Waals surface area contributed by atoms with Crippen molar-refractivity contribution in [1.82, 2.24) is 24.6 Å². The van der Waals surface area contributed by atoms with E-state index in [1.807, 2.05) is 36.9 Å². The molecule has 2 fully saturated rings. The summed E-state index contributed by atoms with van der Waals surface area (Å²) < 4.78 is 1.83. The summed E-state index contributed by atoms with van der Waals surface area (Å²) in [5, 5.41) is 5.39. The highest BCUT2D eigenvalue weighted by Crippen LogP contribution is 2.41. The summed E-state index contributed by atoms with van der Waals surface area (Å²) >= 11 is 0. The van der Waals surface area contributed by atoms with Gasteiger partial charge >= 0.3 is 0 Å². The van der Waals surface area contributed by atoms with Gasteiger partial charge in [-0.1, -0.05) is 24.1 Å². The molecule has 1 aliphatic carbocycles. The summed E-state index contributed by atoms with van der Waals surface area (Å²) in [6.45, 7) is 4.69. The standard InChI is InChI=1S/C25H27N5O/c1-17-20-5-3-4-6-22(20)28-24(27-17)16-30-13-11-18(12-14-30)7-10-23(31)21-15-26-29(2)25(21)19-8-9-19/h3-6,15,18-19H,8-9,11-14,16H2,1-2H3. The van der Waals surface area contributed by atoms with Gasteiger partial charge in [-0.15, -0.1) is 0 Å². The van der Waals surface area contributed by atoms with Crippen LogP contribution in [0.4, 0.5) is 0 Å². The van der Waals surface area contributed by atoms with E-state index in [9.17, 15) is 4.79 Å². The van der Waals surface area contributed by atoms with Gasteiger partial charge < -0.3 is 0 Å². The van der Waals surface area contributed by atoms with Crippen molar-refractivity contribution in [2.24, 2.45) is 13.0 Å². The average molecular weight is 414 g/mol. The van der Waals surface area contributed by atoms with E-state index in [1.165, 1.54) is 0 Å². The number of benzene rings is 1. The lowest BCUT2D eigenvalue weighted by Gasteiger charge is -2.29. The first-order valence-corrected chi connectivity index (χ1v) is 11.1. The normalized spacial score (nSPS) is 17.5. The molecule has 5 rings (SSSR count). The van der Waals surface area contributed by atoms with E-state index in [0.29, 0.717) is 11.5 Å². The van der Waals surface area contributed by atoms with E-state index in [1.54, 1.807) is 6.20 Å². The number of fused-ring (bicyclic) bond motifs is 1. The van der Waals surface area contributed by atoms with E-state index in [0.717, 1.165) is 73.4 Å². The first kappa shape index (κ1) is 19.9. The van der Waals surface area contributed by atoms with E-state index in [2.05, 4.69) is 27.9 Å². The van der Waals surface area contributed by atoms with Gasteiger partial charge in [-0.25, -0.2) is 9.97 Å². The Morgan fingerprint density at radius 3 is 2.68 bits per heavy atom. The Morgan fingerprint density at radius 2 is 1.90 bits per heavy atom. The quantitative estimate of drug-likeness (QED) is 0.371. The number of carbonyl (C=O) groups is 1. The highest BCUT2D eigenvalue weighted by Gasteiger charge is 2.31. The zero-order valence-electron chi connectivity index (χ0n) is 18.1. The van der Waals surface area contributed by atoms with Crippen molar-refractivity contribution in [2.75, 3.05) is 13.1 Å². The van der Waals surface area contributed by atoms with Crippen LogP contribution in [0.5, 0.6) is 0 Å². The molecule has 6 heteroatoms. The van der Waals surface area contributed by atoms with Gasteiger partial charge in [0.1, 0.15) is 5.82 Å². The minimum atomic E-state index is -0.0857. The number of hydrogen-bond donors (Lipinski definition) is 0. The molecule has 158 valence electrons. The number of carbonyl (C=O) groups excluding carboxylic acids is 1. The topological polar surface area (TPSA) is 63.9 Å². The van der Waals surface area contributed by atoms with Crippen LogP contribution in [0.2, 0.25) is 0 Å². The maximum atomic E-state index is 12.6. The predicted octanol–water partition coefficient (Wildman–Crippen LogP) is 3.65. The number of rotatable bonds is 4. The largest absolute Gasteiger partial charge is 0.296 e. The number of aryl methyl sites for hydroxylation is 2. The Bertz CT molecular complexity index is 1190. The van der Waals surface area contributed by atoms with E-state index in [-0.39, 0.29) is 11.7 Å². The number of nitrogens with zero attached hydrogens (tertiary/aromatic N) is 5. The van der Waals surface area contributed by atoms with Crippen molar-refractivity contribution >= 4 is 16.7 Å². The van der Waals surface area contributed by atoms with Gasteiger partial charge in [-0.2, -0.15) is 5.10 Å². The summed E-state index contributed by atoms with van der Waals surface area (Å²) in [4.78, 5) is 24.5. The second kappa shape index (κ2) is 8.24. The van der Waals surface area contributed by atoms with Crippen LogP contribution in [0.15, 0.2) is 30.5 Å². The van der Waals surface area contributed by atoms with Gasteiger partial charge in [-0.05, 0) is 57.7 Å². The maximum absolute atomic E-state index is 12.6. The maximum Gasteiger partial charge on any atom is 0.239 e. The third-order valence-corrected chi connectivity index (χ3v) is 6.38. The zero-order chi connectivity index (χ0) is 21.4. The summed E-state index contributed by atoms with van der Waals surface area (Å²) in [6, 6.07) is 8.15. The first-order chi connectivity index (χ1) is 15.1. The van der Waals surface area contributed by atoms with Gasteiger partial charge in [0.2, 0.25) is 5.78 Å². The zero-order valence-corrected chi connectivity index (χ0v) is 18.1. The highest BCUT2D eigenvalue weighted by atomic mass is 16.1. The van der Waals surface area contributed by atoms with Crippen LogP contribution in [-0.4, -0.2) is 43.5 Å². The van der Waals surface area contributed by atoms with E-state index >= 15 is 0 Å². The summed E-state index contributed by atoms with van der Waals surface area (Å²) in [7, 11) is 1.91. The third kappa shape index (κ3) is 4.24. The molecule has 0 atom stereocenters. The summed E-state index contributed by atoms with van der Waals surface area (Å²) in [5.41, 5.74) is 3.78. The molecule has 0 N–H and O–H groups in total. The number of hydrogen-bond acceptors (Lipinski definition) is 5. The Kier molecular flexibility index (Phi) is 5.29. The molecular formula is C25H27N5O. The number of ketones is 1. The van der Waals surface area contributed by atoms with Crippen molar-refractivity contribution in [3.63, 3.8) is 0 Å². The first-order valence-electron chi connectivity index (χ1n) is 11.1. The Labute approximate surface area is 182 Å². The fourth-order valence-corrected chi connectivity index (χ4v) is 4.50. The fraction of sp³-hybridized carbons (Fsp3) is 0.440. The summed E-state index contributed by atoms with van der Waals surface area (Å²) in [5.74, 6) is 7.69. The van der Waals surface area contributed by atoms with Crippen LogP contribution in [-0.2, 0) is 13.6 Å². The molecule has 1 aliphatic heterocycles. The number of likely N-dealkylation sites (tertiary alicyclic amines) is 1. The van der Waals surface area contributed by atoms with Gasteiger partial charge in [-0.3, -0.25) is 14.4 Å². The minimum Gasteiger partial charge on any atom is -0.296 e. The number of piperidine rings is 1. The molecule has 0 bridgehead atoms. The molecule has 0 unspecified atom stereocenters. The van der Waals surface area contributed by atoms with Crippen molar-refractivity contribution in [3.8, 4) is 11.8 Å². The molecule has 1 aromatic carbocycles. The molecule has 2 aliphatic rings. The van der Waals surface area contributed by atoms with Crippen LogP contribution in [0.25, 0.3) is 10.9 Å². The lowest BCUT2D eigenvalue weighted by molar-refractivity contribution is 0.105. The van der Waals surface area contributed by atoms with Gasteiger partial charge in [0.25, 0.3) is 0 Å². The van der Waals surface area contributed by atoms with E-state index in [4.69, 9.17) is 9.97 Å². The monoisotopic (exact) mass is 413 g/mol. The Morgan fingerprint density at radius 1 is 1.13 bits per heavy atom. The number of aromatic nitrogens is 4. The van der Waals surface area contributed by atoms with Crippen LogP contribution < -0.4 is 0 Å². The fourth-order valence-electron chi connectivity index (χ4n) is 4.50. The van der Waals surface area contributed by atoms with Crippen molar-refractivity contribution in [3.05, 3.63) is 53.2 Å². The average Bonchev–Trinajstić information content (AvgIpc) is 3.54. The van der Waals surface area contributed by atoms with Gasteiger partial charge in [0.05, 0.1) is 29.5 Å². The number of para-hydroxylation sites is 1. The lowest BCUT2D eigenvalue weighted by Crippen LogP contribution is -2.33. The second-order valence-corrected chi connectivity index (χ2v) is 8.73. The molecule has 1 saturated carbocycles. The van der Waals surface area contributed by atoms with Gasteiger partial charge in [0, 0.05) is 30.0 Å². The summed E-state index contributed by atoms with van der Waals surface area (Å²) in [6.07, 6.45) is 5.90. The van der Waals surface area contributed by atoms with Gasteiger partial charge in [0.15, 0.2) is 0 Å². The van der Waals surface area contributed by atoms with Crippen LogP contribution >= 0.6 is 0 Å². The van der Waals surface area contributed by atoms with E-state index < -0.39 is 0 Å². The van der Waals surface area contributed by atoms with Crippen molar-refractivity contribution < 1.29 is 4.79 Å². The SMILES string of the molecule is Cc1nc(CN2CCC(C#CC(=O)c3cnn(C)c3C3CC3)CC2)nc2ccccc12. The molecular weight excluding hydrogens is 386 g/mol. The number of Topliss-reactive ketones (excluding diaryl/α,β-unsaturated/α-hetero) is 1. The molecule has 0 spiro atoms. The predicted molar refractivity (Wildman–Crippen MR) is 120 cm³/mol. The molecule has 2 aromatic heterocycles. The Balaban J connectivity index is 1.19. The van der Waals surface area contributed by atoms with Crippen molar-refractivity contribution in [2.45, 2.75) is 45.1 Å². The van der Waals surface area contributed by atoms with Crippen molar-refractivity contribution in [1.29, 1.82) is 0 Å². The van der Waals surface area contributed by atoms with Crippen LogP contribution in [0.3, 0.4) is 0 Å². The Hall–Kier alpha value is -3.04. The molecule has 0 radical (unpaired) electrons. The molecule has 0 amide bonds. The second-order valence-electron chi connectivity index (χ2n) is 8.73. The smallest absolute Gasteiger partial charge is 0.239 e. The molecule has 31 heavy (non-hydrogen) atoms. The molecule has 3 heterocycles. The van der Waals surface area contributed by atoms with Crippen LogP contribution in [0.1, 0.15) is 59.2 Å². The minimum absolute atomic E-state index is 0.0857. The lowest BCUT2D eigenvalue weighted by atomic mass is 9.97. The highest BCUT2D eigenvalue weighted by molar-refractivity contribution is 6.09. The molecule has 3 aromatic rings. The molecule has 6 nitrogen and oxygen atoms in total. The van der Waals surface area contributed by atoms with Crippen LogP contribution in [0, 0.1) is 24.7 Å². The molecule has 1 saturated heterocycles. The third-order valence-electron chi connectivity index (χ3n) is 6.38.